The Kier molecular flexibility index (Phi) is 4.28. The van der Waals surface area contributed by atoms with E-state index in [0.29, 0.717) is 5.56 Å². The molecule has 24 heavy (non-hydrogen) atoms. The van der Waals surface area contributed by atoms with E-state index >= 15 is 0 Å². The minimum atomic E-state index is -1.14. The lowest BCUT2D eigenvalue weighted by Gasteiger charge is -2.10. The third-order valence-corrected chi connectivity index (χ3v) is 3.94. The van der Waals surface area contributed by atoms with Gasteiger partial charge in [0, 0.05) is 29.3 Å². The predicted molar refractivity (Wildman–Crippen MR) is 90.4 cm³/mol. The van der Waals surface area contributed by atoms with E-state index < -0.39 is 17.7 Å². The molecule has 120 valence electrons. The molecule has 0 fully saturated rings. The third kappa shape index (κ3) is 2.99. The average Bonchev–Trinajstić information content (AvgIpc) is 2.58. The number of nitrogens with zero attached hydrogens (tertiary/aromatic N) is 1. The number of halogens is 2. The zero-order valence-corrected chi connectivity index (χ0v) is 13.1. The van der Waals surface area contributed by atoms with Gasteiger partial charge in [-0.25, -0.2) is 8.78 Å². The van der Waals surface area contributed by atoms with E-state index in [1.807, 2.05) is 19.1 Å². The standard InChI is InChI=1S/C20H15F2NO/c1-3-17(24)10-15-6-7-18(20(22)19(15)21)14-5-4-13-8-12(2)23-11-16(13)9-14/h1,4-9,11,17,24H,10H2,2H3. The summed E-state index contributed by atoms with van der Waals surface area (Å²) in [6.45, 7) is 1.89. The molecule has 3 aromatic rings. The highest BCUT2D eigenvalue weighted by atomic mass is 19.2. The number of pyridine rings is 1. The lowest BCUT2D eigenvalue weighted by Crippen LogP contribution is -2.09. The molecule has 0 bridgehead atoms. The van der Waals surface area contributed by atoms with Crippen molar-refractivity contribution >= 4 is 10.8 Å². The molecule has 1 N–H and O–H groups in total. The summed E-state index contributed by atoms with van der Waals surface area (Å²) in [5.41, 5.74) is 1.67. The minimum Gasteiger partial charge on any atom is -0.380 e. The van der Waals surface area contributed by atoms with Crippen LogP contribution in [0.5, 0.6) is 0 Å². The third-order valence-electron chi connectivity index (χ3n) is 3.94. The molecule has 4 heteroatoms. The van der Waals surface area contributed by atoms with E-state index in [0.717, 1.165) is 16.5 Å². The van der Waals surface area contributed by atoms with Crippen molar-refractivity contribution < 1.29 is 13.9 Å². The maximum Gasteiger partial charge on any atom is 0.166 e. The number of terminal acetylenes is 1. The number of aryl methyl sites for hydroxylation is 1. The molecular formula is C20H15F2NO. The van der Waals surface area contributed by atoms with Crippen LogP contribution in [0.2, 0.25) is 0 Å². The van der Waals surface area contributed by atoms with Gasteiger partial charge in [0.1, 0.15) is 6.10 Å². The Hall–Kier alpha value is -2.77. The van der Waals surface area contributed by atoms with E-state index in [1.54, 1.807) is 18.3 Å². The van der Waals surface area contributed by atoms with E-state index in [-0.39, 0.29) is 17.5 Å². The van der Waals surface area contributed by atoms with E-state index in [9.17, 15) is 13.9 Å². The number of fused-ring (bicyclic) bond motifs is 1. The molecule has 0 spiro atoms. The molecule has 1 heterocycles. The van der Waals surface area contributed by atoms with Crippen molar-refractivity contribution in [3.63, 3.8) is 0 Å². The van der Waals surface area contributed by atoms with E-state index in [1.165, 1.54) is 12.1 Å². The molecule has 0 aliphatic carbocycles. The summed E-state index contributed by atoms with van der Waals surface area (Å²) < 4.78 is 28.7. The monoisotopic (exact) mass is 323 g/mol. The highest BCUT2D eigenvalue weighted by molar-refractivity contribution is 5.87. The van der Waals surface area contributed by atoms with E-state index in [2.05, 4.69) is 10.9 Å². The van der Waals surface area contributed by atoms with Crippen molar-refractivity contribution in [2.24, 2.45) is 0 Å². The van der Waals surface area contributed by atoms with Gasteiger partial charge in [0.2, 0.25) is 0 Å². The van der Waals surface area contributed by atoms with Gasteiger partial charge in [-0.1, -0.05) is 30.2 Å². The van der Waals surface area contributed by atoms with Gasteiger partial charge in [-0.15, -0.1) is 6.42 Å². The lowest BCUT2D eigenvalue weighted by atomic mass is 9.98. The number of aliphatic hydroxyl groups is 1. The van der Waals surface area contributed by atoms with Crippen LogP contribution in [-0.4, -0.2) is 16.2 Å². The summed E-state index contributed by atoms with van der Waals surface area (Å²) in [5, 5.41) is 11.3. The predicted octanol–water partition coefficient (Wildman–Crippen LogP) is 4.03. The van der Waals surface area contributed by atoms with Gasteiger partial charge in [-0.2, -0.15) is 0 Å². The fourth-order valence-corrected chi connectivity index (χ4v) is 2.66. The Morgan fingerprint density at radius 2 is 1.92 bits per heavy atom. The molecule has 0 saturated heterocycles. The summed E-state index contributed by atoms with van der Waals surface area (Å²) in [7, 11) is 0. The van der Waals surface area contributed by atoms with Crippen molar-refractivity contribution in [3.8, 4) is 23.5 Å². The van der Waals surface area contributed by atoms with Crippen LogP contribution in [0.3, 0.4) is 0 Å². The van der Waals surface area contributed by atoms with Crippen molar-refractivity contribution in [3.05, 3.63) is 65.5 Å². The second-order valence-corrected chi connectivity index (χ2v) is 5.67. The quantitative estimate of drug-likeness (QED) is 0.738. The first-order chi connectivity index (χ1) is 11.5. The zero-order chi connectivity index (χ0) is 17.3. The minimum absolute atomic E-state index is 0.0554. The zero-order valence-electron chi connectivity index (χ0n) is 13.1. The summed E-state index contributed by atoms with van der Waals surface area (Å²) in [6, 6.07) is 10.3. The fourth-order valence-electron chi connectivity index (χ4n) is 2.66. The highest BCUT2D eigenvalue weighted by Crippen LogP contribution is 2.29. The van der Waals surface area contributed by atoms with Gasteiger partial charge in [-0.3, -0.25) is 4.98 Å². The van der Waals surface area contributed by atoms with Crippen molar-refractivity contribution in [1.29, 1.82) is 0 Å². The molecule has 2 aromatic carbocycles. The summed E-state index contributed by atoms with van der Waals surface area (Å²) in [4.78, 5) is 4.22. The van der Waals surface area contributed by atoms with Gasteiger partial charge < -0.3 is 5.11 Å². The van der Waals surface area contributed by atoms with Crippen molar-refractivity contribution in [2.45, 2.75) is 19.4 Å². The van der Waals surface area contributed by atoms with Crippen LogP contribution < -0.4 is 0 Å². The van der Waals surface area contributed by atoms with Gasteiger partial charge in [0.15, 0.2) is 11.6 Å². The number of benzene rings is 2. The van der Waals surface area contributed by atoms with Crippen LogP contribution in [0, 0.1) is 30.9 Å². The Morgan fingerprint density at radius 3 is 2.67 bits per heavy atom. The summed E-state index contributed by atoms with van der Waals surface area (Å²) in [6.07, 6.45) is 5.51. The number of hydrogen-bond donors (Lipinski definition) is 1. The molecule has 0 aliphatic rings. The molecule has 1 atom stereocenters. The Labute approximate surface area is 138 Å². The topological polar surface area (TPSA) is 33.1 Å². The largest absolute Gasteiger partial charge is 0.380 e. The van der Waals surface area contributed by atoms with Crippen LogP contribution in [0.1, 0.15) is 11.3 Å². The van der Waals surface area contributed by atoms with E-state index in [4.69, 9.17) is 6.42 Å². The number of aromatic nitrogens is 1. The van der Waals surface area contributed by atoms with Crippen LogP contribution in [0.4, 0.5) is 8.78 Å². The molecule has 3 rings (SSSR count). The Morgan fingerprint density at radius 1 is 1.12 bits per heavy atom. The second kappa shape index (κ2) is 6.38. The SMILES string of the molecule is C#CC(O)Cc1ccc(-c2ccc3cc(C)ncc3c2)c(F)c1F. The second-order valence-electron chi connectivity index (χ2n) is 5.67. The van der Waals surface area contributed by atoms with Crippen molar-refractivity contribution in [2.75, 3.05) is 0 Å². The van der Waals surface area contributed by atoms with Gasteiger partial charge in [0.25, 0.3) is 0 Å². The first kappa shape index (κ1) is 16.1. The normalized spacial score (nSPS) is 12.1. The molecule has 2 nitrogen and oxygen atoms in total. The van der Waals surface area contributed by atoms with Gasteiger partial charge in [0.05, 0.1) is 0 Å². The Bertz CT molecular complexity index is 960. The number of rotatable bonds is 3. The maximum atomic E-state index is 14.4. The average molecular weight is 323 g/mol. The van der Waals surface area contributed by atoms with Crippen molar-refractivity contribution in [1.82, 2.24) is 4.98 Å². The molecule has 0 amide bonds. The van der Waals surface area contributed by atoms with Crippen LogP contribution >= 0.6 is 0 Å². The highest BCUT2D eigenvalue weighted by Gasteiger charge is 2.16. The molecule has 1 aromatic heterocycles. The first-order valence-corrected chi connectivity index (χ1v) is 7.47. The lowest BCUT2D eigenvalue weighted by molar-refractivity contribution is 0.231. The smallest absolute Gasteiger partial charge is 0.166 e. The Balaban J connectivity index is 2.05. The molecule has 1 unspecified atom stereocenters. The van der Waals surface area contributed by atoms with Crippen LogP contribution in [0.25, 0.3) is 21.9 Å². The maximum absolute atomic E-state index is 14.4. The molecule has 0 aliphatic heterocycles. The molecule has 0 saturated carbocycles. The van der Waals surface area contributed by atoms with Crippen LogP contribution in [0.15, 0.2) is 42.6 Å². The summed E-state index contributed by atoms with van der Waals surface area (Å²) in [5.74, 6) is 0.160. The van der Waals surface area contributed by atoms with Crippen LogP contribution in [-0.2, 0) is 6.42 Å². The first-order valence-electron chi connectivity index (χ1n) is 7.47. The number of hydrogen-bond acceptors (Lipinski definition) is 2. The van der Waals surface area contributed by atoms with Gasteiger partial charge in [-0.05, 0) is 35.6 Å². The number of aliphatic hydroxyl groups excluding tert-OH is 1. The molecular weight excluding hydrogens is 308 g/mol. The van der Waals surface area contributed by atoms with Gasteiger partial charge >= 0.3 is 0 Å². The molecule has 0 radical (unpaired) electrons. The fraction of sp³-hybridized carbons (Fsp3) is 0.150. The summed E-state index contributed by atoms with van der Waals surface area (Å²) >= 11 is 0.